The van der Waals surface area contributed by atoms with Crippen molar-refractivity contribution in [3.8, 4) is 0 Å². The Bertz CT molecular complexity index is 835. The van der Waals surface area contributed by atoms with Gasteiger partial charge in [0, 0.05) is 31.9 Å². The molecule has 24 heavy (non-hydrogen) atoms. The van der Waals surface area contributed by atoms with E-state index in [4.69, 9.17) is 0 Å². The van der Waals surface area contributed by atoms with E-state index < -0.39 is 0 Å². The van der Waals surface area contributed by atoms with Crippen LogP contribution in [0.25, 0.3) is 11.0 Å². The quantitative estimate of drug-likeness (QED) is 0.806. The Labute approximate surface area is 140 Å². The summed E-state index contributed by atoms with van der Waals surface area (Å²) in [5.74, 6) is 0.196. The fourth-order valence-corrected chi connectivity index (χ4v) is 3.23. The average molecular weight is 320 g/mol. The van der Waals surface area contributed by atoms with Crippen LogP contribution in [0, 0.1) is 0 Å². The minimum absolute atomic E-state index is 0.196. The summed E-state index contributed by atoms with van der Waals surface area (Å²) in [7, 11) is 0. The Hall–Kier alpha value is -2.82. The Morgan fingerprint density at radius 1 is 1.04 bits per heavy atom. The molecule has 4 rings (SSSR count). The molecule has 2 aromatic carbocycles. The van der Waals surface area contributed by atoms with Gasteiger partial charge in [-0.05, 0) is 29.8 Å². The minimum Gasteiger partial charge on any atom is -0.368 e. The number of hydrogen-bond donors (Lipinski definition) is 1. The lowest BCUT2D eigenvalue weighted by atomic mass is 10.1. The lowest BCUT2D eigenvalue weighted by Crippen LogP contribution is -2.49. The summed E-state index contributed by atoms with van der Waals surface area (Å²) >= 11 is 0. The zero-order chi connectivity index (χ0) is 16.4. The van der Waals surface area contributed by atoms with Gasteiger partial charge in [0.2, 0.25) is 5.91 Å². The molecule has 0 atom stereocenters. The average Bonchev–Trinajstić information content (AvgIpc) is 3.10. The summed E-state index contributed by atoms with van der Waals surface area (Å²) in [6.45, 7) is 3.32. The largest absolute Gasteiger partial charge is 0.368 e. The molecule has 0 spiro atoms. The highest BCUT2D eigenvalue weighted by Gasteiger charge is 2.21. The second kappa shape index (κ2) is 6.35. The van der Waals surface area contributed by atoms with Crippen LogP contribution in [-0.2, 0) is 11.2 Å². The fourth-order valence-electron chi connectivity index (χ4n) is 3.23. The van der Waals surface area contributed by atoms with Crippen LogP contribution >= 0.6 is 0 Å². The highest BCUT2D eigenvalue weighted by molar-refractivity contribution is 5.81. The number of benzene rings is 2. The molecule has 1 aliphatic rings. The summed E-state index contributed by atoms with van der Waals surface area (Å²) < 4.78 is 0. The summed E-state index contributed by atoms with van der Waals surface area (Å²) in [5, 5.41) is 0. The van der Waals surface area contributed by atoms with E-state index in [2.05, 4.69) is 39.1 Å². The van der Waals surface area contributed by atoms with Gasteiger partial charge in [0.05, 0.1) is 23.8 Å². The highest BCUT2D eigenvalue weighted by atomic mass is 16.2. The number of rotatable bonds is 3. The molecular formula is C19H20N4O. The van der Waals surface area contributed by atoms with Crippen molar-refractivity contribution in [1.29, 1.82) is 0 Å². The number of aromatic nitrogens is 2. The first kappa shape index (κ1) is 14.8. The third-order valence-corrected chi connectivity index (χ3v) is 4.59. The molecule has 0 radical (unpaired) electrons. The molecule has 1 aliphatic heterocycles. The zero-order valence-electron chi connectivity index (χ0n) is 13.5. The highest BCUT2D eigenvalue weighted by Crippen LogP contribution is 2.17. The molecule has 0 saturated carbocycles. The van der Waals surface area contributed by atoms with Crippen molar-refractivity contribution in [1.82, 2.24) is 14.9 Å². The topological polar surface area (TPSA) is 52.2 Å². The van der Waals surface area contributed by atoms with Gasteiger partial charge >= 0.3 is 0 Å². The maximum absolute atomic E-state index is 12.6. The third kappa shape index (κ3) is 2.97. The van der Waals surface area contributed by atoms with Crippen LogP contribution in [0.3, 0.4) is 0 Å². The Kier molecular flexibility index (Phi) is 3.91. The summed E-state index contributed by atoms with van der Waals surface area (Å²) in [6, 6.07) is 16.3. The van der Waals surface area contributed by atoms with Crippen LogP contribution in [0.4, 0.5) is 5.69 Å². The number of anilines is 1. The number of piperazine rings is 1. The SMILES string of the molecule is O=C(Cc1ccc2nc[nH]c2c1)N1CCN(c2ccccc2)CC1. The second-order valence-corrected chi connectivity index (χ2v) is 6.13. The summed E-state index contributed by atoms with van der Waals surface area (Å²) in [6.07, 6.45) is 2.12. The van der Waals surface area contributed by atoms with Crippen molar-refractivity contribution in [3.63, 3.8) is 0 Å². The third-order valence-electron chi connectivity index (χ3n) is 4.59. The van der Waals surface area contributed by atoms with Crippen molar-refractivity contribution in [2.24, 2.45) is 0 Å². The number of imidazole rings is 1. The molecule has 5 heteroatoms. The van der Waals surface area contributed by atoms with Crippen molar-refractivity contribution < 1.29 is 4.79 Å². The zero-order valence-corrected chi connectivity index (χ0v) is 13.5. The van der Waals surface area contributed by atoms with Gasteiger partial charge in [-0.25, -0.2) is 4.98 Å². The molecule has 1 N–H and O–H groups in total. The molecule has 1 fully saturated rings. The van der Waals surface area contributed by atoms with E-state index in [1.807, 2.05) is 29.2 Å². The molecule has 1 amide bonds. The number of carbonyl (C=O) groups excluding carboxylic acids is 1. The van der Waals surface area contributed by atoms with Gasteiger partial charge in [0.25, 0.3) is 0 Å². The van der Waals surface area contributed by atoms with E-state index in [1.165, 1.54) is 5.69 Å². The lowest BCUT2D eigenvalue weighted by molar-refractivity contribution is -0.130. The smallest absolute Gasteiger partial charge is 0.227 e. The number of fused-ring (bicyclic) bond motifs is 1. The van der Waals surface area contributed by atoms with E-state index in [0.717, 1.165) is 42.8 Å². The summed E-state index contributed by atoms with van der Waals surface area (Å²) in [4.78, 5) is 24.2. The molecule has 0 unspecified atom stereocenters. The first-order valence-electron chi connectivity index (χ1n) is 8.29. The van der Waals surface area contributed by atoms with Crippen molar-refractivity contribution in [3.05, 3.63) is 60.4 Å². The van der Waals surface area contributed by atoms with Gasteiger partial charge in [0.1, 0.15) is 0 Å². The van der Waals surface area contributed by atoms with Crippen LogP contribution in [0.1, 0.15) is 5.56 Å². The molecule has 0 bridgehead atoms. The molecule has 1 aromatic heterocycles. The van der Waals surface area contributed by atoms with Gasteiger partial charge in [-0.2, -0.15) is 0 Å². The number of aromatic amines is 1. The second-order valence-electron chi connectivity index (χ2n) is 6.13. The molecule has 5 nitrogen and oxygen atoms in total. The van der Waals surface area contributed by atoms with Crippen molar-refractivity contribution in [2.45, 2.75) is 6.42 Å². The molecule has 122 valence electrons. The molecule has 1 saturated heterocycles. The van der Waals surface area contributed by atoms with Gasteiger partial charge in [-0.3, -0.25) is 4.79 Å². The van der Waals surface area contributed by atoms with E-state index >= 15 is 0 Å². The van der Waals surface area contributed by atoms with Crippen molar-refractivity contribution >= 4 is 22.6 Å². The van der Waals surface area contributed by atoms with Crippen LogP contribution in [0.2, 0.25) is 0 Å². The van der Waals surface area contributed by atoms with E-state index in [0.29, 0.717) is 6.42 Å². The predicted octanol–water partition coefficient (Wildman–Crippen LogP) is 2.45. The lowest BCUT2D eigenvalue weighted by Gasteiger charge is -2.36. The van der Waals surface area contributed by atoms with Crippen LogP contribution in [0.15, 0.2) is 54.9 Å². The summed E-state index contributed by atoms with van der Waals surface area (Å²) in [5.41, 5.74) is 4.17. The minimum atomic E-state index is 0.196. The Morgan fingerprint density at radius 3 is 2.62 bits per heavy atom. The maximum atomic E-state index is 12.6. The fraction of sp³-hybridized carbons (Fsp3) is 0.263. The number of H-pyrrole nitrogens is 1. The van der Waals surface area contributed by atoms with E-state index in [1.54, 1.807) is 6.33 Å². The molecule has 0 aliphatic carbocycles. The first-order valence-corrected chi connectivity index (χ1v) is 8.29. The number of hydrogen-bond acceptors (Lipinski definition) is 3. The van der Waals surface area contributed by atoms with Crippen molar-refractivity contribution in [2.75, 3.05) is 31.1 Å². The number of para-hydroxylation sites is 1. The van der Waals surface area contributed by atoms with Crippen LogP contribution in [-0.4, -0.2) is 47.0 Å². The maximum Gasteiger partial charge on any atom is 0.227 e. The monoisotopic (exact) mass is 320 g/mol. The van der Waals surface area contributed by atoms with Gasteiger partial charge in [-0.1, -0.05) is 24.3 Å². The van der Waals surface area contributed by atoms with E-state index in [9.17, 15) is 4.79 Å². The Morgan fingerprint density at radius 2 is 1.83 bits per heavy atom. The predicted molar refractivity (Wildman–Crippen MR) is 95.0 cm³/mol. The van der Waals surface area contributed by atoms with Gasteiger partial charge < -0.3 is 14.8 Å². The molecular weight excluding hydrogens is 300 g/mol. The van der Waals surface area contributed by atoms with Gasteiger partial charge in [0.15, 0.2) is 0 Å². The van der Waals surface area contributed by atoms with Gasteiger partial charge in [-0.15, -0.1) is 0 Å². The standard InChI is InChI=1S/C19H20N4O/c24-19(13-15-6-7-17-18(12-15)21-14-20-17)23-10-8-22(9-11-23)16-4-2-1-3-5-16/h1-7,12,14H,8-11,13H2,(H,20,21). The van der Waals surface area contributed by atoms with Crippen LogP contribution in [0.5, 0.6) is 0 Å². The Balaban J connectivity index is 1.37. The number of nitrogens with one attached hydrogen (secondary N) is 1. The van der Waals surface area contributed by atoms with E-state index in [-0.39, 0.29) is 5.91 Å². The first-order chi connectivity index (χ1) is 11.8. The molecule has 3 aromatic rings. The molecule has 2 heterocycles. The normalized spacial score (nSPS) is 15.0. The van der Waals surface area contributed by atoms with Crippen LogP contribution < -0.4 is 4.90 Å². The number of carbonyl (C=O) groups is 1. The number of amides is 1. The number of nitrogens with zero attached hydrogens (tertiary/aromatic N) is 3.